The Hall–Kier alpha value is -2.58. The molecular weight excluding hydrogens is 362 g/mol. The average molecular weight is 389 g/mol. The van der Waals surface area contributed by atoms with Crippen LogP contribution in [0.25, 0.3) is 6.08 Å². The molecule has 2 aliphatic rings. The second-order valence-corrected chi connectivity index (χ2v) is 6.74. The summed E-state index contributed by atoms with van der Waals surface area (Å²) in [6, 6.07) is 5.58. The van der Waals surface area contributed by atoms with Crippen LogP contribution in [0.15, 0.2) is 24.3 Å². The van der Waals surface area contributed by atoms with E-state index in [2.05, 4.69) is 10.2 Å². The first kappa shape index (κ1) is 20.2. The first-order valence-corrected chi connectivity index (χ1v) is 9.50. The summed E-state index contributed by atoms with van der Waals surface area (Å²) in [5.74, 6) is 1.41. The fourth-order valence-electron chi connectivity index (χ4n) is 3.12. The number of nitrogens with zero attached hydrogens (tertiary/aromatic N) is 2. The van der Waals surface area contributed by atoms with Crippen LogP contribution < -0.4 is 14.8 Å². The summed E-state index contributed by atoms with van der Waals surface area (Å²) in [6.45, 7) is 4.46. The highest BCUT2D eigenvalue weighted by Crippen LogP contribution is 2.32. The molecule has 8 nitrogen and oxygen atoms in total. The lowest BCUT2D eigenvalue weighted by Crippen LogP contribution is -2.50. The van der Waals surface area contributed by atoms with Crippen LogP contribution in [0.2, 0.25) is 0 Å². The lowest BCUT2D eigenvalue weighted by Gasteiger charge is -2.33. The molecule has 0 spiro atoms. The highest BCUT2D eigenvalue weighted by Gasteiger charge is 2.21. The van der Waals surface area contributed by atoms with Gasteiger partial charge in [0.25, 0.3) is 0 Å². The zero-order chi connectivity index (χ0) is 19.8. The average Bonchev–Trinajstić information content (AvgIpc) is 3.18. The summed E-state index contributed by atoms with van der Waals surface area (Å²) < 4.78 is 15.6. The third kappa shape index (κ3) is 5.71. The van der Waals surface area contributed by atoms with Gasteiger partial charge in [-0.15, -0.1) is 0 Å². The second kappa shape index (κ2) is 10.1. The van der Waals surface area contributed by atoms with Gasteiger partial charge in [-0.2, -0.15) is 0 Å². The first-order valence-electron chi connectivity index (χ1n) is 9.50. The fourth-order valence-corrected chi connectivity index (χ4v) is 3.12. The summed E-state index contributed by atoms with van der Waals surface area (Å²) >= 11 is 0. The molecule has 0 bridgehead atoms. The zero-order valence-electron chi connectivity index (χ0n) is 16.2. The van der Waals surface area contributed by atoms with Gasteiger partial charge < -0.3 is 24.4 Å². The quantitative estimate of drug-likeness (QED) is 0.522. The summed E-state index contributed by atoms with van der Waals surface area (Å²) in [7, 11) is 1.65. The highest BCUT2D eigenvalue weighted by atomic mass is 16.7. The summed E-state index contributed by atoms with van der Waals surface area (Å²) in [5.41, 5.74) is 0.890. The maximum absolute atomic E-state index is 12.4. The Morgan fingerprint density at radius 3 is 2.75 bits per heavy atom. The topological polar surface area (TPSA) is 80.3 Å². The number of amides is 2. The predicted molar refractivity (Wildman–Crippen MR) is 104 cm³/mol. The van der Waals surface area contributed by atoms with E-state index in [0.29, 0.717) is 51.6 Å². The number of carbonyl (C=O) groups excluding carboxylic acids is 2. The Morgan fingerprint density at radius 2 is 1.96 bits per heavy atom. The Morgan fingerprint density at radius 1 is 1.18 bits per heavy atom. The third-order valence-electron chi connectivity index (χ3n) is 4.71. The number of methoxy groups -OCH3 is 1. The van der Waals surface area contributed by atoms with Crippen LogP contribution in [-0.4, -0.2) is 81.4 Å². The van der Waals surface area contributed by atoms with Crippen molar-refractivity contribution in [3.8, 4) is 11.5 Å². The highest BCUT2D eigenvalue weighted by molar-refractivity contribution is 5.92. The molecule has 0 aromatic heterocycles. The van der Waals surface area contributed by atoms with Crippen molar-refractivity contribution in [3.05, 3.63) is 29.8 Å². The smallest absolute Gasteiger partial charge is 0.246 e. The van der Waals surface area contributed by atoms with Crippen molar-refractivity contribution in [2.45, 2.75) is 6.42 Å². The number of piperazine rings is 1. The number of hydrogen-bond acceptors (Lipinski definition) is 6. The lowest BCUT2D eigenvalue weighted by molar-refractivity contribution is -0.128. The zero-order valence-corrected chi connectivity index (χ0v) is 16.2. The predicted octanol–water partition coefficient (Wildman–Crippen LogP) is 0.725. The van der Waals surface area contributed by atoms with Crippen LogP contribution in [0.4, 0.5) is 0 Å². The van der Waals surface area contributed by atoms with Gasteiger partial charge in [0.1, 0.15) is 0 Å². The van der Waals surface area contributed by atoms with Gasteiger partial charge in [0, 0.05) is 52.5 Å². The van der Waals surface area contributed by atoms with Gasteiger partial charge in [0.2, 0.25) is 18.6 Å². The Labute approximate surface area is 165 Å². The standard InChI is InChI=1S/C20H27N3O5/c1-26-12-2-7-21-19(24)14-22-8-10-23(11-9-22)20(25)6-4-16-3-5-17-18(13-16)28-15-27-17/h3-6,13H,2,7-12,14-15H2,1H3,(H,21,24)/b6-4+. The van der Waals surface area contributed by atoms with E-state index in [9.17, 15) is 9.59 Å². The molecule has 0 aliphatic carbocycles. The Kier molecular flexibility index (Phi) is 7.27. The SMILES string of the molecule is COCCCNC(=O)CN1CCN(C(=O)/C=C/c2ccc3c(c2)OCO3)CC1. The molecule has 2 aliphatic heterocycles. The number of nitrogens with one attached hydrogen (secondary N) is 1. The molecule has 2 heterocycles. The normalized spacial score (nSPS) is 16.5. The molecule has 1 fully saturated rings. The van der Waals surface area contributed by atoms with Crippen molar-refractivity contribution >= 4 is 17.9 Å². The van der Waals surface area contributed by atoms with Gasteiger partial charge >= 0.3 is 0 Å². The molecule has 1 aromatic rings. The van der Waals surface area contributed by atoms with Crippen molar-refractivity contribution in [2.24, 2.45) is 0 Å². The Balaban J connectivity index is 1.39. The van der Waals surface area contributed by atoms with Crippen LogP contribution in [0.1, 0.15) is 12.0 Å². The monoisotopic (exact) mass is 389 g/mol. The molecule has 8 heteroatoms. The minimum Gasteiger partial charge on any atom is -0.454 e. The van der Waals surface area contributed by atoms with Crippen molar-refractivity contribution < 1.29 is 23.8 Å². The van der Waals surface area contributed by atoms with E-state index in [1.807, 2.05) is 18.2 Å². The van der Waals surface area contributed by atoms with Crippen LogP contribution in [0.5, 0.6) is 11.5 Å². The third-order valence-corrected chi connectivity index (χ3v) is 4.71. The molecule has 0 saturated carbocycles. The van der Waals surface area contributed by atoms with Crippen molar-refractivity contribution in [1.29, 1.82) is 0 Å². The van der Waals surface area contributed by atoms with Gasteiger partial charge in [-0.1, -0.05) is 6.07 Å². The number of fused-ring (bicyclic) bond motifs is 1. The number of rotatable bonds is 8. The summed E-state index contributed by atoms with van der Waals surface area (Å²) in [6.07, 6.45) is 4.17. The first-order chi connectivity index (χ1) is 13.7. The van der Waals surface area contributed by atoms with E-state index < -0.39 is 0 Å². The van der Waals surface area contributed by atoms with E-state index in [0.717, 1.165) is 17.7 Å². The largest absolute Gasteiger partial charge is 0.454 e. The summed E-state index contributed by atoms with van der Waals surface area (Å²) in [5, 5.41) is 2.88. The minimum absolute atomic E-state index is 0.0126. The molecule has 0 atom stereocenters. The minimum atomic E-state index is -0.0265. The van der Waals surface area contributed by atoms with Crippen molar-refractivity contribution in [1.82, 2.24) is 15.1 Å². The molecule has 2 amide bonds. The molecule has 0 radical (unpaired) electrons. The number of hydrogen-bond donors (Lipinski definition) is 1. The van der Waals surface area contributed by atoms with Crippen LogP contribution >= 0.6 is 0 Å². The van der Waals surface area contributed by atoms with Crippen LogP contribution in [0.3, 0.4) is 0 Å². The fraction of sp³-hybridized carbons (Fsp3) is 0.500. The van der Waals surface area contributed by atoms with Gasteiger partial charge in [-0.3, -0.25) is 14.5 Å². The number of benzene rings is 1. The number of ether oxygens (including phenoxy) is 3. The molecule has 28 heavy (non-hydrogen) atoms. The summed E-state index contributed by atoms with van der Waals surface area (Å²) in [4.78, 5) is 28.2. The molecule has 3 rings (SSSR count). The maximum atomic E-state index is 12.4. The lowest BCUT2D eigenvalue weighted by atomic mass is 10.2. The van der Waals surface area contributed by atoms with E-state index in [4.69, 9.17) is 14.2 Å². The maximum Gasteiger partial charge on any atom is 0.246 e. The van der Waals surface area contributed by atoms with Gasteiger partial charge in [-0.05, 0) is 30.2 Å². The van der Waals surface area contributed by atoms with Crippen molar-refractivity contribution in [2.75, 3.05) is 59.8 Å². The van der Waals surface area contributed by atoms with Crippen LogP contribution in [-0.2, 0) is 14.3 Å². The van der Waals surface area contributed by atoms with E-state index >= 15 is 0 Å². The molecule has 1 saturated heterocycles. The van der Waals surface area contributed by atoms with E-state index in [-0.39, 0.29) is 18.6 Å². The molecule has 0 unspecified atom stereocenters. The van der Waals surface area contributed by atoms with Crippen LogP contribution in [0, 0.1) is 0 Å². The molecule has 1 N–H and O–H groups in total. The second-order valence-electron chi connectivity index (χ2n) is 6.74. The van der Waals surface area contributed by atoms with Gasteiger partial charge in [-0.25, -0.2) is 0 Å². The Bertz CT molecular complexity index is 714. The number of carbonyl (C=O) groups is 2. The van der Waals surface area contributed by atoms with Crippen molar-refractivity contribution in [3.63, 3.8) is 0 Å². The van der Waals surface area contributed by atoms with E-state index in [1.165, 1.54) is 0 Å². The molecule has 152 valence electrons. The molecule has 1 aromatic carbocycles. The van der Waals surface area contributed by atoms with Gasteiger partial charge in [0.15, 0.2) is 11.5 Å². The molecular formula is C20H27N3O5. The van der Waals surface area contributed by atoms with Gasteiger partial charge in [0.05, 0.1) is 6.54 Å². The van der Waals surface area contributed by atoms with E-state index in [1.54, 1.807) is 24.2 Å².